The van der Waals surface area contributed by atoms with E-state index in [-0.39, 0.29) is 18.3 Å². The van der Waals surface area contributed by atoms with Crippen LogP contribution in [0.15, 0.2) is 0 Å². The number of unbranched alkanes of at least 4 members (excludes halogenated alkanes) is 4. The van der Waals surface area contributed by atoms with Gasteiger partial charge in [-0.05, 0) is 34.1 Å². The van der Waals surface area contributed by atoms with Gasteiger partial charge in [0, 0.05) is 0 Å². The SMILES string of the molecule is CCCCCCC[C@H]1OC(C)(C)O[C@@H]1[C@H]1COC(C)(C)O1. The van der Waals surface area contributed by atoms with Crippen molar-refractivity contribution in [2.24, 2.45) is 0 Å². The molecule has 0 aromatic carbocycles. The molecule has 0 radical (unpaired) electrons. The molecule has 0 aromatic heterocycles. The van der Waals surface area contributed by atoms with Gasteiger partial charge in [0.25, 0.3) is 0 Å². The van der Waals surface area contributed by atoms with Crippen LogP contribution >= 0.6 is 0 Å². The van der Waals surface area contributed by atoms with Crippen LogP contribution in [0.2, 0.25) is 0 Å². The Hall–Kier alpha value is -0.160. The Morgan fingerprint density at radius 1 is 0.857 bits per heavy atom. The fourth-order valence-electron chi connectivity index (χ4n) is 3.23. The first-order chi connectivity index (χ1) is 9.83. The largest absolute Gasteiger partial charge is 0.348 e. The molecular formula is C17H32O4. The summed E-state index contributed by atoms with van der Waals surface area (Å²) in [6.07, 6.45) is 7.49. The lowest BCUT2D eigenvalue weighted by atomic mass is 10.0. The van der Waals surface area contributed by atoms with Gasteiger partial charge in [0.15, 0.2) is 11.6 Å². The molecule has 0 bridgehead atoms. The lowest BCUT2D eigenvalue weighted by molar-refractivity contribution is -0.174. The topological polar surface area (TPSA) is 36.9 Å². The molecule has 124 valence electrons. The van der Waals surface area contributed by atoms with Crippen molar-refractivity contribution in [3.8, 4) is 0 Å². The lowest BCUT2D eigenvalue weighted by Gasteiger charge is -2.23. The van der Waals surface area contributed by atoms with Gasteiger partial charge >= 0.3 is 0 Å². The summed E-state index contributed by atoms with van der Waals surface area (Å²) in [4.78, 5) is 0. The average Bonchev–Trinajstić information content (AvgIpc) is 2.88. The zero-order valence-corrected chi connectivity index (χ0v) is 14.3. The Balaban J connectivity index is 1.85. The van der Waals surface area contributed by atoms with Crippen LogP contribution < -0.4 is 0 Å². The molecule has 0 aromatic rings. The molecule has 0 amide bonds. The molecule has 2 aliphatic heterocycles. The monoisotopic (exact) mass is 300 g/mol. The first-order valence-electron chi connectivity index (χ1n) is 8.50. The van der Waals surface area contributed by atoms with E-state index >= 15 is 0 Å². The summed E-state index contributed by atoms with van der Waals surface area (Å²) in [7, 11) is 0. The molecule has 0 aliphatic carbocycles. The van der Waals surface area contributed by atoms with E-state index in [1.54, 1.807) is 0 Å². The second-order valence-electron chi connectivity index (χ2n) is 7.21. The Morgan fingerprint density at radius 2 is 1.57 bits per heavy atom. The van der Waals surface area contributed by atoms with E-state index in [1.807, 2.05) is 27.7 Å². The summed E-state index contributed by atoms with van der Waals surface area (Å²) in [5, 5.41) is 0. The maximum Gasteiger partial charge on any atom is 0.163 e. The van der Waals surface area contributed by atoms with Crippen molar-refractivity contribution in [2.75, 3.05) is 6.61 Å². The smallest absolute Gasteiger partial charge is 0.163 e. The molecule has 2 aliphatic rings. The summed E-state index contributed by atoms with van der Waals surface area (Å²) < 4.78 is 23.8. The van der Waals surface area contributed by atoms with E-state index in [2.05, 4.69) is 6.92 Å². The first kappa shape index (κ1) is 17.2. The van der Waals surface area contributed by atoms with Gasteiger partial charge in [0.2, 0.25) is 0 Å². The van der Waals surface area contributed by atoms with Gasteiger partial charge in [-0.2, -0.15) is 0 Å². The number of hydrogen-bond donors (Lipinski definition) is 0. The molecule has 0 unspecified atom stereocenters. The van der Waals surface area contributed by atoms with Crippen molar-refractivity contribution in [2.45, 2.75) is 103 Å². The fraction of sp³-hybridized carbons (Fsp3) is 1.00. The average molecular weight is 300 g/mol. The van der Waals surface area contributed by atoms with Gasteiger partial charge in [0.1, 0.15) is 12.2 Å². The molecule has 0 saturated carbocycles. The van der Waals surface area contributed by atoms with Crippen molar-refractivity contribution in [3.63, 3.8) is 0 Å². The third-order valence-electron chi connectivity index (χ3n) is 4.21. The van der Waals surface area contributed by atoms with Gasteiger partial charge in [-0.15, -0.1) is 0 Å². The first-order valence-corrected chi connectivity index (χ1v) is 8.50. The van der Waals surface area contributed by atoms with Crippen molar-refractivity contribution < 1.29 is 18.9 Å². The van der Waals surface area contributed by atoms with Crippen molar-refractivity contribution >= 4 is 0 Å². The van der Waals surface area contributed by atoms with Crippen LogP contribution in [0.5, 0.6) is 0 Å². The molecule has 21 heavy (non-hydrogen) atoms. The van der Waals surface area contributed by atoms with Crippen molar-refractivity contribution in [1.82, 2.24) is 0 Å². The summed E-state index contributed by atoms with van der Waals surface area (Å²) >= 11 is 0. The van der Waals surface area contributed by atoms with E-state index in [4.69, 9.17) is 18.9 Å². The standard InChI is InChI=1S/C17H32O4/c1-6-7-8-9-10-11-13-15(21-17(4,5)19-13)14-12-18-16(2,3)20-14/h13-15H,6-12H2,1-5H3/t13-,14-,15+/m1/s1. The zero-order chi connectivity index (χ0) is 15.5. The normalized spacial score (nSPS) is 34.4. The molecule has 0 N–H and O–H groups in total. The quantitative estimate of drug-likeness (QED) is 0.665. The van der Waals surface area contributed by atoms with Crippen molar-refractivity contribution in [3.05, 3.63) is 0 Å². The van der Waals surface area contributed by atoms with Gasteiger partial charge in [-0.1, -0.05) is 39.0 Å². The fourth-order valence-corrected chi connectivity index (χ4v) is 3.23. The molecular weight excluding hydrogens is 268 g/mol. The number of rotatable bonds is 7. The minimum Gasteiger partial charge on any atom is -0.348 e. The number of ether oxygens (including phenoxy) is 4. The third-order valence-corrected chi connectivity index (χ3v) is 4.21. The molecule has 2 heterocycles. The Labute approximate surface area is 129 Å². The van der Waals surface area contributed by atoms with Gasteiger partial charge in [-0.25, -0.2) is 0 Å². The number of hydrogen-bond acceptors (Lipinski definition) is 4. The molecule has 4 heteroatoms. The highest BCUT2D eigenvalue weighted by Gasteiger charge is 2.49. The van der Waals surface area contributed by atoms with E-state index in [0.717, 1.165) is 6.42 Å². The maximum absolute atomic E-state index is 6.09. The van der Waals surface area contributed by atoms with E-state index in [1.165, 1.54) is 32.1 Å². The van der Waals surface area contributed by atoms with Crippen LogP contribution in [-0.2, 0) is 18.9 Å². The van der Waals surface area contributed by atoms with Crippen LogP contribution in [0.25, 0.3) is 0 Å². The van der Waals surface area contributed by atoms with E-state index in [9.17, 15) is 0 Å². The van der Waals surface area contributed by atoms with Crippen LogP contribution in [0.4, 0.5) is 0 Å². The summed E-state index contributed by atoms with van der Waals surface area (Å²) in [6, 6.07) is 0. The maximum atomic E-state index is 6.09. The second kappa shape index (κ2) is 6.95. The predicted octanol–water partition coefficient (Wildman–Crippen LogP) is 4.02. The highest BCUT2D eigenvalue weighted by molar-refractivity contribution is 4.90. The Morgan fingerprint density at radius 3 is 2.19 bits per heavy atom. The van der Waals surface area contributed by atoms with Gasteiger partial charge in [0.05, 0.1) is 12.7 Å². The van der Waals surface area contributed by atoms with E-state index in [0.29, 0.717) is 6.61 Å². The Kier molecular flexibility index (Phi) is 5.69. The van der Waals surface area contributed by atoms with Gasteiger partial charge < -0.3 is 18.9 Å². The molecule has 2 saturated heterocycles. The van der Waals surface area contributed by atoms with Crippen molar-refractivity contribution in [1.29, 1.82) is 0 Å². The summed E-state index contributed by atoms with van der Waals surface area (Å²) in [6.45, 7) is 10.7. The predicted molar refractivity (Wildman–Crippen MR) is 82.1 cm³/mol. The third kappa shape index (κ3) is 4.92. The zero-order valence-electron chi connectivity index (χ0n) is 14.3. The minimum absolute atomic E-state index is 0.0204. The van der Waals surface area contributed by atoms with E-state index < -0.39 is 11.6 Å². The molecule has 3 atom stereocenters. The van der Waals surface area contributed by atoms with Crippen LogP contribution in [0.3, 0.4) is 0 Å². The molecule has 2 fully saturated rings. The molecule has 0 spiro atoms. The highest BCUT2D eigenvalue weighted by atomic mass is 16.8. The molecule has 2 rings (SSSR count). The lowest BCUT2D eigenvalue weighted by Crippen LogP contribution is -2.38. The summed E-state index contributed by atoms with van der Waals surface area (Å²) in [5.41, 5.74) is 0. The van der Waals surface area contributed by atoms with Crippen LogP contribution in [0, 0.1) is 0 Å². The minimum atomic E-state index is -0.519. The molecule has 4 nitrogen and oxygen atoms in total. The van der Waals surface area contributed by atoms with Crippen LogP contribution in [0.1, 0.15) is 73.1 Å². The second-order valence-corrected chi connectivity index (χ2v) is 7.21. The van der Waals surface area contributed by atoms with Gasteiger partial charge in [-0.3, -0.25) is 0 Å². The summed E-state index contributed by atoms with van der Waals surface area (Å²) in [5.74, 6) is -1.03. The Bertz CT molecular complexity index is 327. The van der Waals surface area contributed by atoms with Crippen LogP contribution in [-0.4, -0.2) is 36.5 Å². The highest BCUT2D eigenvalue weighted by Crippen LogP contribution is 2.37.